The van der Waals surface area contributed by atoms with E-state index < -0.39 is 0 Å². The van der Waals surface area contributed by atoms with Gasteiger partial charge in [0.25, 0.3) is 0 Å². The molecule has 5 unspecified atom stereocenters. The molecular weight excluding hydrogens is 1670 g/mol. The second-order valence-corrected chi connectivity index (χ2v) is 40.0. The molecule has 0 N–H and O–H groups in total. The fraction of sp³-hybridized carbons (Fsp3) is 0.391. The van der Waals surface area contributed by atoms with Crippen molar-refractivity contribution in [2.24, 2.45) is 11.8 Å². The molecule has 0 aromatic heterocycles. The van der Waals surface area contributed by atoms with Gasteiger partial charge in [-0.15, -0.1) is 0 Å². The Balaban J connectivity index is 0.000000125. The summed E-state index contributed by atoms with van der Waals surface area (Å²) >= 11 is 0. The van der Waals surface area contributed by atoms with Crippen LogP contribution in [0.15, 0.2) is 285 Å². The van der Waals surface area contributed by atoms with Crippen LogP contribution in [-0.4, -0.2) is 67.1 Å². The van der Waals surface area contributed by atoms with E-state index in [-0.39, 0.29) is 12.2 Å². The molecular formula is C128H152O8. The van der Waals surface area contributed by atoms with E-state index >= 15 is 0 Å². The number of hydrogen-bond donors (Lipinski definition) is 0. The van der Waals surface area contributed by atoms with Gasteiger partial charge in [-0.1, -0.05) is 334 Å². The maximum atomic E-state index is 6.06. The average Bonchev–Trinajstić information content (AvgIpc) is 1.65. The minimum atomic E-state index is 0.282. The Hall–Kier alpha value is -10.5. The first kappa shape index (κ1) is 101. The third-order valence-electron chi connectivity index (χ3n) is 28.2. The zero-order valence-electron chi connectivity index (χ0n) is 84.8. The Labute approximate surface area is 816 Å². The van der Waals surface area contributed by atoms with Gasteiger partial charge in [0, 0.05) is 0 Å². The smallest absolute Gasteiger partial charge is 0.0723 e. The lowest BCUT2D eigenvalue weighted by molar-refractivity contribution is -0.0194. The molecule has 5 atom stereocenters. The Bertz CT molecular complexity index is 5930. The topological polar surface area (TPSA) is 73.8 Å². The zero-order chi connectivity index (χ0) is 95.7. The molecule has 0 bridgehead atoms. The standard InChI is InChI=1S/C19H22O.2C18H20O.2C17H18O.C14H20O.C13H18O.C12H16O/c1-13(2)14(3)20-12-16-8-6-10-18-17-9-5-4-7-15(17)11-19(16)18;1-3-13(2)19-12-15-8-6-10-17-16-9-5-4-7-14(16)11-18(15)17;1-3-13(2)19-12-14-8-9-18-16(10-14)11-15-6-4-5-7-17(15)18;1-12(2)18-11-14-7-5-9-16-15-8-4-3-6-13(15)10-17(14)16;1-12(2)18-11-13-7-8-17-15(9-13)10-14-5-3-4-6-16(14)17;1-10(2)11(3)15-14-8-12-6-4-5-7-13(12)9-14;1-3-10(2)14-13-8-11-6-4-5-7-12(11)9-13;1-9(2)13-12-7-10-5-3-4-6-11(10)8-12/h4-10,13-14H,11-12H2,1-3H3;2*4-10,13H,3,11-12H2,1-2H3;2*3-9,12H,10-11H2,1-2H3;4-7,10-11,14H,8-9H2,1-3H3;4-7,10,13H,3,8-9H2,1-2H3;3-6,9,12H,7-8H2,1-2H3. The molecule has 136 heavy (non-hydrogen) atoms. The van der Waals surface area contributed by atoms with Crippen LogP contribution < -0.4 is 0 Å². The summed E-state index contributed by atoms with van der Waals surface area (Å²) in [6.07, 6.45) is 18.9. The molecule has 21 rings (SSSR count). The first-order valence-corrected chi connectivity index (χ1v) is 51.2. The van der Waals surface area contributed by atoms with Crippen molar-refractivity contribution in [1.82, 2.24) is 0 Å². The number of rotatable bonds is 26. The summed E-state index contributed by atoms with van der Waals surface area (Å²) < 4.78 is 46.9. The summed E-state index contributed by atoms with van der Waals surface area (Å²) in [5.74, 6) is 1.16. The van der Waals surface area contributed by atoms with E-state index in [1.807, 2.05) is 0 Å². The van der Waals surface area contributed by atoms with Crippen LogP contribution in [0.4, 0.5) is 0 Å². The van der Waals surface area contributed by atoms with Crippen molar-refractivity contribution in [3.63, 3.8) is 0 Å². The molecule has 0 saturated carbocycles. The van der Waals surface area contributed by atoms with Crippen LogP contribution in [0.25, 0.3) is 55.6 Å². The largest absolute Gasteiger partial charge is 0.375 e. The average molecular weight is 1820 g/mol. The number of ether oxygens (including phenoxy) is 8. The van der Waals surface area contributed by atoms with E-state index in [0.717, 1.165) is 116 Å². The van der Waals surface area contributed by atoms with Crippen LogP contribution in [-0.2, 0) is 142 Å². The monoisotopic (exact) mass is 1820 g/mol. The lowest BCUT2D eigenvalue weighted by Gasteiger charge is -2.21. The quantitative estimate of drug-likeness (QED) is 0.0531. The SMILES string of the molecule is CC(C)C(C)OC1Cc2ccccc2C1.CC(C)C(C)OCc1cccc2c1Cc1ccccc1-2.CC(C)OC1Cc2ccccc2C1.CC(C)OCc1ccc2c(c1)Cc1ccccc1-2.CC(C)OCc1cccc2c1Cc1ccccc1-2.CCC(C)OC1Cc2ccccc2C1.CCC(C)OCc1ccc2c(c1)Cc1ccccc1-2.CCC(C)OCc1cccc2c1Cc1ccccc1-2. The number of benzene rings is 13. The van der Waals surface area contributed by atoms with E-state index in [9.17, 15) is 0 Å². The molecule has 0 amide bonds. The normalized spacial score (nSPS) is 14.8. The molecule has 0 fully saturated rings. The Morgan fingerprint density at radius 3 is 0.809 bits per heavy atom. The van der Waals surface area contributed by atoms with Gasteiger partial charge in [-0.2, -0.15) is 0 Å². The summed E-state index contributed by atoms with van der Waals surface area (Å²) in [4.78, 5) is 0. The van der Waals surface area contributed by atoms with Gasteiger partial charge < -0.3 is 37.9 Å². The lowest BCUT2D eigenvalue weighted by atomic mass is 10.0. The van der Waals surface area contributed by atoms with E-state index in [4.69, 9.17) is 37.9 Å². The van der Waals surface area contributed by atoms with Crippen LogP contribution in [0.3, 0.4) is 0 Å². The Morgan fingerprint density at radius 2 is 0.478 bits per heavy atom. The van der Waals surface area contributed by atoms with Gasteiger partial charge in [0.2, 0.25) is 0 Å². The van der Waals surface area contributed by atoms with Crippen LogP contribution in [0, 0.1) is 11.8 Å². The van der Waals surface area contributed by atoms with Crippen molar-refractivity contribution < 1.29 is 37.9 Å². The highest BCUT2D eigenvalue weighted by atomic mass is 16.5. The molecule has 8 heteroatoms. The van der Waals surface area contributed by atoms with Crippen molar-refractivity contribution in [2.75, 3.05) is 0 Å². The van der Waals surface area contributed by atoms with Gasteiger partial charge in [-0.25, -0.2) is 0 Å². The molecule has 8 aliphatic carbocycles. The minimum absolute atomic E-state index is 0.282. The highest BCUT2D eigenvalue weighted by molar-refractivity contribution is 5.81. The summed E-state index contributed by atoms with van der Waals surface area (Å²) in [7, 11) is 0. The highest BCUT2D eigenvalue weighted by Crippen LogP contribution is 2.44. The second kappa shape index (κ2) is 49.7. The minimum Gasteiger partial charge on any atom is -0.375 e. The summed E-state index contributed by atoms with van der Waals surface area (Å²) in [6.45, 7) is 42.2. The second-order valence-electron chi connectivity index (χ2n) is 40.0. The third-order valence-corrected chi connectivity index (χ3v) is 28.2. The van der Waals surface area contributed by atoms with Gasteiger partial charge in [-0.05, 0) is 350 Å². The van der Waals surface area contributed by atoms with Gasteiger partial charge in [-0.3, -0.25) is 0 Å². The van der Waals surface area contributed by atoms with Crippen molar-refractivity contribution in [3.05, 3.63) is 402 Å². The fourth-order valence-corrected chi connectivity index (χ4v) is 19.4. The van der Waals surface area contributed by atoms with Crippen molar-refractivity contribution in [1.29, 1.82) is 0 Å². The molecule has 0 spiro atoms. The van der Waals surface area contributed by atoms with E-state index in [0.29, 0.717) is 73.4 Å². The van der Waals surface area contributed by atoms with Gasteiger partial charge in [0.15, 0.2) is 0 Å². The summed E-state index contributed by atoms with van der Waals surface area (Å²) in [5, 5.41) is 0. The summed E-state index contributed by atoms with van der Waals surface area (Å²) in [6, 6.07) is 103. The molecule has 13 aromatic rings. The number of hydrogen-bond acceptors (Lipinski definition) is 8. The van der Waals surface area contributed by atoms with Crippen molar-refractivity contribution >= 4 is 0 Å². The Kier molecular flexibility index (Phi) is 37.1. The molecule has 13 aromatic carbocycles. The molecule has 0 saturated heterocycles. The molecule has 0 radical (unpaired) electrons. The predicted molar refractivity (Wildman–Crippen MR) is 567 cm³/mol. The van der Waals surface area contributed by atoms with Crippen LogP contribution >= 0.6 is 0 Å². The Morgan fingerprint density at radius 1 is 0.213 bits per heavy atom. The molecule has 0 heterocycles. The van der Waals surface area contributed by atoms with Gasteiger partial charge in [0.1, 0.15) is 0 Å². The van der Waals surface area contributed by atoms with Gasteiger partial charge in [0.05, 0.1) is 100 Å². The number of fused-ring (bicyclic) bond motifs is 18. The molecule has 8 aliphatic rings. The maximum absolute atomic E-state index is 6.06. The van der Waals surface area contributed by atoms with Gasteiger partial charge >= 0.3 is 0 Å². The van der Waals surface area contributed by atoms with E-state index in [1.54, 1.807) is 0 Å². The maximum Gasteiger partial charge on any atom is 0.0723 e. The molecule has 8 nitrogen and oxygen atoms in total. The van der Waals surface area contributed by atoms with Crippen molar-refractivity contribution in [3.8, 4) is 55.6 Å². The third kappa shape index (κ3) is 27.3. The van der Waals surface area contributed by atoms with Crippen LogP contribution in [0.5, 0.6) is 0 Å². The van der Waals surface area contributed by atoms with Crippen LogP contribution in [0.1, 0.15) is 261 Å². The summed E-state index contributed by atoms with van der Waals surface area (Å²) in [5.41, 5.74) is 43.7. The van der Waals surface area contributed by atoms with E-state index in [1.165, 1.54) is 172 Å². The molecule has 712 valence electrons. The van der Waals surface area contributed by atoms with E-state index in [2.05, 4.69) is 410 Å². The fourth-order valence-electron chi connectivity index (χ4n) is 19.4. The molecule has 0 aliphatic heterocycles. The van der Waals surface area contributed by atoms with Crippen LogP contribution in [0.2, 0.25) is 0 Å². The first-order valence-electron chi connectivity index (χ1n) is 51.2. The predicted octanol–water partition coefficient (Wildman–Crippen LogP) is 31.1. The highest BCUT2D eigenvalue weighted by Gasteiger charge is 2.30. The zero-order valence-corrected chi connectivity index (χ0v) is 84.8. The lowest BCUT2D eigenvalue weighted by Crippen LogP contribution is -2.24. The van der Waals surface area contributed by atoms with Crippen molar-refractivity contribution in [2.45, 2.75) is 315 Å². The first-order chi connectivity index (χ1) is 65.9.